The molecule has 3 unspecified atom stereocenters. The van der Waals surface area contributed by atoms with E-state index in [2.05, 4.69) is 21.3 Å². The van der Waals surface area contributed by atoms with Gasteiger partial charge in [0.15, 0.2) is 0 Å². The summed E-state index contributed by atoms with van der Waals surface area (Å²) in [5, 5.41) is 50.3. The van der Waals surface area contributed by atoms with Gasteiger partial charge in [-0.05, 0) is 19.3 Å². The fraction of sp³-hybridized carbons (Fsp3) is 0.667. The van der Waals surface area contributed by atoms with E-state index in [1.807, 2.05) is 0 Å². The average molecular weight is 682 g/mol. The molecule has 3 atom stereocenters. The first-order valence-electron chi connectivity index (χ1n) is 12.4. The number of carboxylic acid groups (broad SMARTS) is 4. The van der Waals surface area contributed by atoms with Crippen molar-refractivity contribution in [3.8, 4) is 0 Å². The molecular formula is C24H36Cl2N4O8Rh-4. The Balaban J connectivity index is 0.000000477. The molecule has 0 aromatic rings. The molecular weight excluding hydrogens is 646 g/mol. The van der Waals surface area contributed by atoms with Gasteiger partial charge in [-0.15, -0.1) is 39.3 Å². The number of nitrogens with one attached hydrogen (secondary N) is 1. The molecule has 0 radical (unpaired) electrons. The Morgan fingerprint density at radius 2 is 1.15 bits per heavy atom. The van der Waals surface area contributed by atoms with Crippen LogP contribution in [0.25, 0.3) is 16.0 Å². The van der Waals surface area contributed by atoms with Gasteiger partial charge in [-0.25, -0.2) is 0 Å². The van der Waals surface area contributed by atoms with Gasteiger partial charge in [0, 0.05) is 36.1 Å². The Hall–Kier alpha value is -1.76. The number of halogens is 2. The summed E-state index contributed by atoms with van der Waals surface area (Å²) >= 11 is -0.226. The van der Waals surface area contributed by atoms with Crippen LogP contribution in [-0.2, 0) is 34.3 Å². The van der Waals surface area contributed by atoms with Crippen molar-refractivity contribution >= 4 is 43.3 Å². The molecule has 227 valence electrons. The van der Waals surface area contributed by atoms with Crippen molar-refractivity contribution in [1.29, 1.82) is 0 Å². The van der Waals surface area contributed by atoms with Crippen molar-refractivity contribution in [2.45, 2.75) is 38.5 Å². The van der Waals surface area contributed by atoms with E-state index in [1.165, 1.54) is 12.3 Å². The molecule has 3 saturated heterocycles. The predicted octanol–water partition coefficient (Wildman–Crippen LogP) is 2.72. The second-order valence-electron chi connectivity index (χ2n) is 8.67. The number of piperidine rings is 3. The van der Waals surface area contributed by atoms with Crippen LogP contribution >= 0.6 is 19.4 Å². The maximum atomic E-state index is 10.3. The van der Waals surface area contributed by atoms with Gasteiger partial charge in [-0.2, -0.15) is 0 Å². The molecule has 39 heavy (non-hydrogen) atoms. The minimum atomic E-state index is -1.14. The number of carbonyl (C=O) groups is 4. The SMILES string of the molecule is O=C(O)C1CCC[N-]C1.O=C(O)C1CCC[N-]C1.O=C(O)C1CCC[N-]C1.O=C([O-])C1=CNCC=C1.[Cl][Rh][Cl]. The third-order valence-electron chi connectivity index (χ3n) is 5.73. The molecule has 4 N–H and O–H groups in total. The van der Waals surface area contributed by atoms with E-state index in [0.717, 1.165) is 58.2 Å². The second-order valence-corrected chi connectivity index (χ2v) is 11.2. The minimum absolute atomic E-state index is 0.196. The standard InChI is InChI=1S/3C6H10NO2.C6H7NO2.2ClH.Rh/c4*8-6(9)5-2-1-3-7-4-5;;;/h3*5H,1-4H2,(H,8,9);1-2,4,7H,3H2,(H,8,9);2*1H;/q3*-1;;;;+2/p-3. The van der Waals surface area contributed by atoms with Crippen LogP contribution in [0.2, 0.25) is 0 Å². The van der Waals surface area contributed by atoms with E-state index in [9.17, 15) is 24.3 Å². The van der Waals surface area contributed by atoms with Gasteiger partial charge >= 0.3 is 52.4 Å². The molecule has 0 bridgehead atoms. The molecule has 12 nitrogen and oxygen atoms in total. The van der Waals surface area contributed by atoms with E-state index in [-0.39, 0.29) is 38.5 Å². The van der Waals surface area contributed by atoms with Crippen LogP contribution in [0, 0.1) is 17.8 Å². The van der Waals surface area contributed by atoms with Crippen molar-refractivity contribution < 1.29 is 54.7 Å². The molecule has 4 aliphatic heterocycles. The average Bonchev–Trinajstić information content (AvgIpc) is 2.96. The van der Waals surface area contributed by atoms with Crippen molar-refractivity contribution in [2.75, 3.05) is 45.8 Å². The van der Waals surface area contributed by atoms with Gasteiger partial charge in [0.25, 0.3) is 0 Å². The number of hydrogen-bond acceptors (Lipinski definition) is 6. The topological polar surface area (TPSA) is 206 Å². The number of carboxylic acids is 4. The zero-order valence-corrected chi connectivity index (χ0v) is 24.6. The predicted molar refractivity (Wildman–Crippen MR) is 142 cm³/mol. The maximum absolute atomic E-state index is 10.3. The number of hydrogen-bond donors (Lipinski definition) is 4. The molecule has 0 aliphatic carbocycles. The van der Waals surface area contributed by atoms with Gasteiger partial charge < -0.3 is 46.5 Å². The molecule has 0 aromatic heterocycles. The van der Waals surface area contributed by atoms with E-state index >= 15 is 0 Å². The third kappa shape index (κ3) is 19.9. The molecule has 0 spiro atoms. The number of rotatable bonds is 4. The van der Waals surface area contributed by atoms with Crippen LogP contribution in [0.4, 0.5) is 0 Å². The number of aliphatic carboxylic acids is 4. The second kappa shape index (κ2) is 24.1. The Bertz CT molecular complexity index is 720. The zero-order chi connectivity index (χ0) is 29.5. The summed E-state index contributed by atoms with van der Waals surface area (Å²) in [6.07, 6.45) is 9.91. The van der Waals surface area contributed by atoms with Crippen LogP contribution < -0.4 is 10.4 Å². The summed E-state index contributed by atoms with van der Waals surface area (Å²) < 4.78 is 0. The Labute approximate surface area is 244 Å². The summed E-state index contributed by atoms with van der Waals surface area (Å²) in [7, 11) is 9.67. The number of dihydropyridines is 1. The molecule has 0 aromatic carbocycles. The first-order valence-corrected chi connectivity index (χ1v) is 16.6. The molecule has 4 heterocycles. The van der Waals surface area contributed by atoms with E-state index in [0.29, 0.717) is 26.2 Å². The Morgan fingerprint density at radius 1 is 0.795 bits per heavy atom. The van der Waals surface area contributed by atoms with Gasteiger partial charge in [0.2, 0.25) is 0 Å². The van der Waals surface area contributed by atoms with E-state index in [4.69, 9.17) is 34.7 Å². The summed E-state index contributed by atoms with van der Waals surface area (Å²) in [5.41, 5.74) is 0.196. The van der Waals surface area contributed by atoms with Crippen molar-refractivity contribution in [3.63, 3.8) is 0 Å². The molecule has 0 saturated carbocycles. The Morgan fingerprint density at radius 3 is 1.31 bits per heavy atom. The van der Waals surface area contributed by atoms with Gasteiger partial charge in [-0.3, -0.25) is 14.4 Å². The van der Waals surface area contributed by atoms with Crippen molar-refractivity contribution in [3.05, 3.63) is 39.9 Å². The molecule has 3 fully saturated rings. The van der Waals surface area contributed by atoms with Crippen LogP contribution in [0.15, 0.2) is 23.9 Å². The van der Waals surface area contributed by atoms with Gasteiger partial charge in [-0.1, -0.05) is 31.4 Å². The van der Waals surface area contributed by atoms with Gasteiger partial charge in [0.1, 0.15) is 0 Å². The summed E-state index contributed by atoms with van der Waals surface area (Å²) in [6.45, 7) is 4.81. The molecule has 0 amide bonds. The van der Waals surface area contributed by atoms with Crippen LogP contribution in [0.3, 0.4) is 0 Å². The molecule has 4 aliphatic rings. The number of carbonyl (C=O) groups excluding carboxylic acids is 1. The number of nitrogens with zero attached hydrogens (tertiary/aromatic N) is 3. The summed E-state index contributed by atoms with van der Waals surface area (Å²) in [5.74, 6) is -3.81. The molecule has 4 rings (SSSR count). The van der Waals surface area contributed by atoms with E-state index in [1.54, 1.807) is 6.08 Å². The van der Waals surface area contributed by atoms with Crippen LogP contribution in [-0.4, -0.2) is 85.0 Å². The quantitative estimate of drug-likeness (QED) is 0.321. The monoisotopic (exact) mass is 681 g/mol. The first-order chi connectivity index (χ1) is 18.6. The normalized spacial score (nSPS) is 23.5. The summed E-state index contributed by atoms with van der Waals surface area (Å²) in [6, 6.07) is 0. The van der Waals surface area contributed by atoms with E-state index < -0.39 is 23.9 Å². The van der Waals surface area contributed by atoms with Crippen molar-refractivity contribution in [1.82, 2.24) is 5.32 Å². The Kier molecular flexibility index (Phi) is 23.0. The fourth-order valence-electron chi connectivity index (χ4n) is 3.57. The van der Waals surface area contributed by atoms with Gasteiger partial charge in [0.05, 0.1) is 5.97 Å². The van der Waals surface area contributed by atoms with Crippen molar-refractivity contribution in [2.24, 2.45) is 17.8 Å². The fourth-order valence-corrected chi connectivity index (χ4v) is 3.57. The first kappa shape index (κ1) is 37.2. The summed E-state index contributed by atoms with van der Waals surface area (Å²) in [4.78, 5) is 41.0. The third-order valence-corrected chi connectivity index (χ3v) is 5.73. The van der Waals surface area contributed by atoms with Crippen LogP contribution in [0.5, 0.6) is 0 Å². The van der Waals surface area contributed by atoms with Crippen LogP contribution in [0.1, 0.15) is 38.5 Å². The zero-order valence-electron chi connectivity index (χ0n) is 21.5. The molecule has 15 heteroatoms.